The SMILES string of the molecule is CCN=C(NC1CCN(CCOC(C)C)CC1)NC1CC(C)(OC)C1(C)C. The lowest BCUT2D eigenvalue weighted by Gasteiger charge is -2.59. The fraction of sp³-hybridized carbons (Fsp3) is 0.952. The number of guanidine groups is 1. The Bertz CT molecular complexity index is 487. The quantitative estimate of drug-likeness (QED) is 0.499. The lowest BCUT2D eigenvalue weighted by Crippen LogP contribution is -2.70. The second-order valence-electron chi connectivity index (χ2n) is 9.06. The van der Waals surface area contributed by atoms with Crippen LogP contribution in [-0.2, 0) is 9.47 Å². The van der Waals surface area contributed by atoms with Gasteiger partial charge in [-0.15, -0.1) is 0 Å². The highest BCUT2D eigenvalue weighted by Gasteiger charge is 2.58. The number of rotatable bonds is 8. The van der Waals surface area contributed by atoms with Crippen LogP contribution in [0.4, 0.5) is 0 Å². The summed E-state index contributed by atoms with van der Waals surface area (Å²) in [5, 5.41) is 7.34. The van der Waals surface area contributed by atoms with Crippen LogP contribution in [0.1, 0.15) is 60.8 Å². The molecular weight excluding hydrogens is 340 g/mol. The van der Waals surface area contributed by atoms with Gasteiger partial charge in [-0.1, -0.05) is 13.8 Å². The third-order valence-corrected chi connectivity index (χ3v) is 6.69. The highest BCUT2D eigenvalue weighted by molar-refractivity contribution is 5.80. The average Bonchev–Trinajstić information content (AvgIpc) is 2.62. The molecule has 1 aliphatic heterocycles. The molecule has 1 heterocycles. The van der Waals surface area contributed by atoms with Crippen molar-refractivity contribution in [2.24, 2.45) is 10.4 Å². The van der Waals surface area contributed by atoms with E-state index in [4.69, 9.17) is 9.47 Å². The van der Waals surface area contributed by atoms with Crippen molar-refractivity contribution in [3.05, 3.63) is 0 Å². The zero-order valence-corrected chi connectivity index (χ0v) is 18.6. The molecule has 0 bridgehead atoms. The van der Waals surface area contributed by atoms with Crippen molar-refractivity contribution in [3.8, 4) is 0 Å². The van der Waals surface area contributed by atoms with E-state index in [9.17, 15) is 0 Å². The fourth-order valence-corrected chi connectivity index (χ4v) is 4.09. The second-order valence-corrected chi connectivity index (χ2v) is 9.06. The Morgan fingerprint density at radius 3 is 2.37 bits per heavy atom. The molecule has 0 spiro atoms. The number of methoxy groups -OCH3 is 1. The van der Waals surface area contributed by atoms with E-state index in [2.05, 4.69) is 62.1 Å². The van der Waals surface area contributed by atoms with Crippen LogP contribution in [-0.4, -0.2) is 74.5 Å². The molecule has 6 heteroatoms. The molecule has 1 saturated heterocycles. The largest absolute Gasteiger partial charge is 0.378 e. The summed E-state index contributed by atoms with van der Waals surface area (Å²) in [5.41, 5.74) is 0.0170. The van der Waals surface area contributed by atoms with E-state index in [1.165, 1.54) is 0 Å². The summed E-state index contributed by atoms with van der Waals surface area (Å²) < 4.78 is 11.4. The number of likely N-dealkylation sites (tertiary alicyclic amines) is 1. The van der Waals surface area contributed by atoms with E-state index in [0.717, 1.165) is 58.0 Å². The molecule has 2 N–H and O–H groups in total. The van der Waals surface area contributed by atoms with Crippen molar-refractivity contribution < 1.29 is 9.47 Å². The van der Waals surface area contributed by atoms with Crippen molar-refractivity contribution in [1.82, 2.24) is 15.5 Å². The molecule has 0 radical (unpaired) electrons. The topological polar surface area (TPSA) is 58.1 Å². The Hall–Kier alpha value is -0.850. The predicted octanol–water partition coefficient (Wildman–Crippen LogP) is 2.63. The van der Waals surface area contributed by atoms with Gasteiger partial charge in [0.15, 0.2) is 5.96 Å². The summed E-state index contributed by atoms with van der Waals surface area (Å²) in [6, 6.07) is 0.871. The second kappa shape index (κ2) is 9.57. The minimum atomic E-state index is -0.0641. The zero-order chi connectivity index (χ0) is 20.1. The van der Waals surface area contributed by atoms with Gasteiger partial charge in [0.1, 0.15) is 0 Å². The molecule has 27 heavy (non-hydrogen) atoms. The third kappa shape index (κ3) is 5.58. The Kier molecular flexibility index (Phi) is 7.95. The van der Waals surface area contributed by atoms with Crippen molar-refractivity contribution in [2.75, 3.05) is 39.9 Å². The van der Waals surface area contributed by atoms with Crippen LogP contribution >= 0.6 is 0 Å². The molecule has 2 fully saturated rings. The van der Waals surface area contributed by atoms with Crippen LogP contribution in [0.15, 0.2) is 4.99 Å². The molecule has 2 unspecified atom stereocenters. The summed E-state index contributed by atoms with van der Waals surface area (Å²) in [6.45, 7) is 17.9. The summed E-state index contributed by atoms with van der Waals surface area (Å²) in [6.07, 6.45) is 3.62. The molecule has 0 aromatic heterocycles. The van der Waals surface area contributed by atoms with Gasteiger partial charge in [-0.2, -0.15) is 0 Å². The number of ether oxygens (including phenoxy) is 2. The van der Waals surface area contributed by atoms with Crippen LogP contribution in [0, 0.1) is 5.41 Å². The molecule has 2 atom stereocenters. The molecule has 0 aromatic carbocycles. The Morgan fingerprint density at radius 1 is 1.19 bits per heavy atom. The van der Waals surface area contributed by atoms with E-state index in [0.29, 0.717) is 18.2 Å². The van der Waals surface area contributed by atoms with Gasteiger partial charge in [0.05, 0.1) is 18.3 Å². The van der Waals surface area contributed by atoms with Crippen molar-refractivity contribution in [3.63, 3.8) is 0 Å². The van der Waals surface area contributed by atoms with E-state index in [-0.39, 0.29) is 11.0 Å². The summed E-state index contributed by atoms with van der Waals surface area (Å²) in [4.78, 5) is 7.19. The summed E-state index contributed by atoms with van der Waals surface area (Å²) in [7, 11) is 1.82. The van der Waals surface area contributed by atoms with Gasteiger partial charge in [0, 0.05) is 50.8 Å². The van der Waals surface area contributed by atoms with Gasteiger partial charge in [0.25, 0.3) is 0 Å². The molecular formula is C21H42N4O2. The highest BCUT2D eigenvalue weighted by Crippen LogP contribution is 2.51. The first-order valence-electron chi connectivity index (χ1n) is 10.7. The normalized spacial score (nSPS) is 29.6. The van der Waals surface area contributed by atoms with Crippen molar-refractivity contribution >= 4 is 5.96 Å². The molecule has 1 saturated carbocycles. The van der Waals surface area contributed by atoms with E-state index >= 15 is 0 Å². The number of nitrogens with zero attached hydrogens (tertiary/aromatic N) is 2. The van der Waals surface area contributed by atoms with Gasteiger partial charge in [-0.3, -0.25) is 4.99 Å². The number of hydrogen-bond acceptors (Lipinski definition) is 4. The van der Waals surface area contributed by atoms with Crippen molar-refractivity contribution in [2.45, 2.75) is 84.6 Å². The minimum absolute atomic E-state index is 0.0641. The van der Waals surface area contributed by atoms with Crippen LogP contribution in [0.25, 0.3) is 0 Å². The minimum Gasteiger partial charge on any atom is -0.378 e. The number of nitrogens with one attached hydrogen (secondary N) is 2. The van der Waals surface area contributed by atoms with Gasteiger partial charge < -0.3 is 25.0 Å². The van der Waals surface area contributed by atoms with Gasteiger partial charge in [-0.05, 0) is 47.0 Å². The van der Waals surface area contributed by atoms with Crippen LogP contribution < -0.4 is 10.6 Å². The zero-order valence-electron chi connectivity index (χ0n) is 18.6. The summed E-state index contributed by atoms with van der Waals surface area (Å²) >= 11 is 0. The van der Waals surface area contributed by atoms with E-state index in [1.54, 1.807) is 0 Å². The highest BCUT2D eigenvalue weighted by atomic mass is 16.5. The Morgan fingerprint density at radius 2 is 1.85 bits per heavy atom. The first-order valence-corrected chi connectivity index (χ1v) is 10.7. The van der Waals surface area contributed by atoms with Gasteiger partial charge >= 0.3 is 0 Å². The fourth-order valence-electron chi connectivity index (χ4n) is 4.09. The Balaban J connectivity index is 1.78. The predicted molar refractivity (Wildman–Crippen MR) is 112 cm³/mol. The molecule has 2 rings (SSSR count). The molecule has 0 amide bonds. The first-order chi connectivity index (χ1) is 12.7. The van der Waals surface area contributed by atoms with E-state index < -0.39 is 0 Å². The standard InChI is InChI=1S/C21H42N4O2/c1-8-22-19(24-18-15-21(6,26-7)20(18,4)5)23-17-9-11-25(12-10-17)13-14-27-16(2)3/h16-18H,8-15H2,1-7H3,(H2,22,23,24). The molecule has 0 aromatic rings. The summed E-state index contributed by atoms with van der Waals surface area (Å²) in [5.74, 6) is 0.954. The van der Waals surface area contributed by atoms with Crippen LogP contribution in [0.3, 0.4) is 0 Å². The maximum Gasteiger partial charge on any atom is 0.191 e. The maximum atomic E-state index is 5.75. The Labute approximate surface area is 166 Å². The average molecular weight is 383 g/mol. The third-order valence-electron chi connectivity index (χ3n) is 6.69. The molecule has 6 nitrogen and oxygen atoms in total. The van der Waals surface area contributed by atoms with Gasteiger partial charge in [-0.25, -0.2) is 0 Å². The van der Waals surface area contributed by atoms with Crippen molar-refractivity contribution in [1.29, 1.82) is 0 Å². The maximum absolute atomic E-state index is 5.75. The van der Waals surface area contributed by atoms with Crippen LogP contribution in [0.5, 0.6) is 0 Å². The number of aliphatic imine (C=N–C) groups is 1. The van der Waals surface area contributed by atoms with Gasteiger partial charge in [0.2, 0.25) is 0 Å². The lowest BCUT2D eigenvalue weighted by molar-refractivity contribution is -0.176. The molecule has 158 valence electrons. The molecule has 2 aliphatic rings. The first kappa shape index (κ1) is 22.4. The lowest BCUT2D eigenvalue weighted by atomic mass is 9.56. The monoisotopic (exact) mass is 382 g/mol. The molecule has 1 aliphatic carbocycles. The van der Waals surface area contributed by atoms with E-state index in [1.807, 2.05) is 7.11 Å². The number of piperidine rings is 1. The number of hydrogen-bond donors (Lipinski definition) is 2. The smallest absolute Gasteiger partial charge is 0.191 e. The van der Waals surface area contributed by atoms with Crippen LogP contribution in [0.2, 0.25) is 0 Å².